The molecule has 2 heterocycles. The van der Waals surface area contributed by atoms with Crippen molar-refractivity contribution in [1.29, 1.82) is 0 Å². The summed E-state index contributed by atoms with van der Waals surface area (Å²) >= 11 is 6.09. The van der Waals surface area contributed by atoms with E-state index in [2.05, 4.69) is 0 Å². The average molecular weight is 483 g/mol. The van der Waals surface area contributed by atoms with Crippen molar-refractivity contribution in [1.82, 2.24) is 9.80 Å². The van der Waals surface area contributed by atoms with Gasteiger partial charge < -0.3 is 23.7 Å². The van der Waals surface area contributed by atoms with Gasteiger partial charge in [0.25, 0.3) is 5.91 Å². The van der Waals surface area contributed by atoms with Gasteiger partial charge in [-0.05, 0) is 53.9 Å². The second-order valence-corrected chi connectivity index (χ2v) is 9.04. The molecule has 0 bridgehead atoms. The number of carbonyl (C=O) groups is 2. The van der Waals surface area contributed by atoms with Gasteiger partial charge in [-0.3, -0.25) is 9.59 Å². The topological polar surface area (TPSA) is 72.2 Å². The lowest BCUT2D eigenvalue weighted by molar-refractivity contribution is -0.133. The molecular weight excluding hydrogens is 456 g/mol. The fraction of sp³-hybridized carbons (Fsp3) is 0.308. The van der Waals surface area contributed by atoms with Crippen molar-refractivity contribution in [3.63, 3.8) is 0 Å². The molecule has 0 unspecified atom stereocenters. The van der Waals surface area contributed by atoms with E-state index in [4.69, 9.17) is 25.5 Å². The number of ether oxygens (including phenoxy) is 2. The normalized spacial score (nSPS) is 12.1. The summed E-state index contributed by atoms with van der Waals surface area (Å²) in [6.45, 7) is 5.19. The van der Waals surface area contributed by atoms with Crippen LogP contribution in [0, 0.1) is 5.92 Å². The summed E-state index contributed by atoms with van der Waals surface area (Å²) in [5.41, 5.74) is 1.34. The Morgan fingerprint density at radius 2 is 1.79 bits per heavy atom. The van der Waals surface area contributed by atoms with E-state index in [-0.39, 0.29) is 37.6 Å². The highest BCUT2D eigenvalue weighted by Gasteiger charge is 2.25. The third-order valence-corrected chi connectivity index (χ3v) is 5.60. The zero-order chi connectivity index (χ0) is 24.1. The van der Waals surface area contributed by atoms with Crippen LogP contribution >= 0.6 is 11.6 Å². The lowest BCUT2D eigenvalue weighted by Gasteiger charge is -2.28. The van der Waals surface area contributed by atoms with Crippen molar-refractivity contribution in [2.24, 2.45) is 5.92 Å². The van der Waals surface area contributed by atoms with Gasteiger partial charge in [-0.1, -0.05) is 37.6 Å². The zero-order valence-electron chi connectivity index (χ0n) is 19.2. The number of furan rings is 1. The molecule has 1 aliphatic rings. The van der Waals surface area contributed by atoms with Crippen molar-refractivity contribution in [3.8, 4) is 11.5 Å². The van der Waals surface area contributed by atoms with Crippen LogP contribution in [-0.2, 0) is 17.9 Å². The summed E-state index contributed by atoms with van der Waals surface area (Å²) in [6, 6.07) is 16.0. The van der Waals surface area contributed by atoms with Gasteiger partial charge in [0.2, 0.25) is 12.7 Å². The van der Waals surface area contributed by atoms with E-state index in [0.717, 1.165) is 5.56 Å². The lowest BCUT2D eigenvalue weighted by Crippen LogP contribution is -2.43. The fourth-order valence-corrected chi connectivity index (χ4v) is 4.00. The Morgan fingerprint density at radius 1 is 0.971 bits per heavy atom. The van der Waals surface area contributed by atoms with E-state index in [1.54, 1.807) is 46.4 Å². The number of benzene rings is 2. The van der Waals surface area contributed by atoms with Gasteiger partial charge in [0, 0.05) is 23.7 Å². The van der Waals surface area contributed by atoms with E-state index in [1.165, 1.54) is 0 Å². The predicted octanol–water partition coefficient (Wildman–Crippen LogP) is 4.99. The SMILES string of the molecule is CC(C)CN(CC(=O)N(Cc1ccc2c(c1)OCO2)Cc1ccco1)C(=O)c1cccc(Cl)c1. The van der Waals surface area contributed by atoms with Gasteiger partial charge in [0.05, 0.1) is 12.8 Å². The molecule has 34 heavy (non-hydrogen) atoms. The van der Waals surface area contributed by atoms with Crippen molar-refractivity contribution >= 4 is 23.4 Å². The molecule has 1 aliphatic heterocycles. The molecule has 2 amide bonds. The summed E-state index contributed by atoms with van der Waals surface area (Å²) in [6.07, 6.45) is 1.58. The molecule has 178 valence electrons. The van der Waals surface area contributed by atoms with Crippen LogP contribution in [0.1, 0.15) is 35.5 Å². The summed E-state index contributed by atoms with van der Waals surface area (Å²) in [5.74, 6) is 1.76. The van der Waals surface area contributed by atoms with E-state index in [9.17, 15) is 9.59 Å². The minimum absolute atomic E-state index is 0.0607. The first-order valence-corrected chi connectivity index (χ1v) is 11.5. The quantitative estimate of drug-likeness (QED) is 0.429. The molecule has 0 saturated heterocycles. The Kier molecular flexibility index (Phi) is 7.43. The van der Waals surface area contributed by atoms with Crippen LogP contribution in [-0.4, -0.2) is 41.5 Å². The van der Waals surface area contributed by atoms with E-state index in [0.29, 0.717) is 40.9 Å². The number of hydrogen-bond acceptors (Lipinski definition) is 5. The van der Waals surface area contributed by atoms with Crippen LogP contribution in [0.25, 0.3) is 0 Å². The molecule has 0 spiro atoms. The number of amides is 2. The molecule has 0 radical (unpaired) electrons. The van der Waals surface area contributed by atoms with Crippen molar-refractivity contribution in [3.05, 3.63) is 82.8 Å². The maximum atomic E-state index is 13.5. The van der Waals surface area contributed by atoms with Crippen LogP contribution in [0.15, 0.2) is 65.3 Å². The molecule has 0 atom stereocenters. The third-order valence-electron chi connectivity index (χ3n) is 5.36. The zero-order valence-corrected chi connectivity index (χ0v) is 20.0. The molecule has 0 saturated carbocycles. The Balaban J connectivity index is 1.55. The fourth-order valence-electron chi connectivity index (χ4n) is 3.81. The average Bonchev–Trinajstić information content (AvgIpc) is 3.49. The van der Waals surface area contributed by atoms with Gasteiger partial charge >= 0.3 is 0 Å². The molecule has 0 N–H and O–H groups in total. The Morgan fingerprint density at radius 3 is 2.53 bits per heavy atom. The molecule has 0 fully saturated rings. The number of carbonyl (C=O) groups excluding carboxylic acids is 2. The number of hydrogen-bond donors (Lipinski definition) is 0. The first-order chi connectivity index (χ1) is 16.4. The molecule has 1 aromatic heterocycles. The second-order valence-electron chi connectivity index (χ2n) is 8.61. The smallest absolute Gasteiger partial charge is 0.254 e. The van der Waals surface area contributed by atoms with Crippen LogP contribution in [0.3, 0.4) is 0 Å². The number of halogens is 1. The summed E-state index contributed by atoms with van der Waals surface area (Å²) < 4.78 is 16.4. The van der Waals surface area contributed by atoms with Crippen LogP contribution in [0.2, 0.25) is 5.02 Å². The Hall–Kier alpha value is -3.45. The van der Waals surface area contributed by atoms with E-state index in [1.807, 2.05) is 38.1 Å². The molecule has 8 heteroatoms. The number of rotatable bonds is 9. The van der Waals surface area contributed by atoms with Crippen molar-refractivity contribution in [2.75, 3.05) is 19.9 Å². The summed E-state index contributed by atoms with van der Waals surface area (Å²) in [5, 5.41) is 0.476. The number of nitrogens with zero attached hydrogens (tertiary/aromatic N) is 2. The minimum Gasteiger partial charge on any atom is -0.467 e. The third kappa shape index (κ3) is 5.91. The Labute approximate surface area is 203 Å². The first kappa shape index (κ1) is 23.7. The summed E-state index contributed by atoms with van der Waals surface area (Å²) in [4.78, 5) is 30.0. The number of fused-ring (bicyclic) bond motifs is 1. The standard InChI is InChI=1S/C26H27ClN2O5/c1-18(2)13-29(26(31)20-5-3-6-21(27)12-20)16-25(30)28(15-22-7-4-10-32-22)14-19-8-9-23-24(11-19)34-17-33-23/h3-12,18H,13-17H2,1-2H3. The van der Waals surface area contributed by atoms with Crippen molar-refractivity contribution in [2.45, 2.75) is 26.9 Å². The maximum Gasteiger partial charge on any atom is 0.254 e. The lowest BCUT2D eigenvalue weighted by atomic mass is 10.1. The predicted molar refractivity (Wildman–Crippen MR) is 128 cm³/mol. The van der Waals surface area contributed by atoms with Gasteiger partial charge in [-0.2, -0.15) is 0 Å². The molecule has 7 nitrogen and oxygen atoms in total. The van der Waals surface area contributed by atoms with Gasteiger partial charge in [0.15, 0.2) is 11.5 Å². The van der Waals surface area contributed by atoms with Gasteiger partial charge in [0.1, 0.15) is 12.3 Å². The molecule has 2 aromatic carbocycles. The first-order valence-electron chi connectivity index (χ1n) is 11.1. The minimum atomic E-state index is -0.231. The molecule has 0 aliphatic carbocycles. The largest absolute Gasteiger partial charge is 0.467 e. The molecular formula is C26H27ClN2O5. The monoisotopic (exact) mass is 482 g/mol. The maximum absolute atomic E-state index is 13.5. The second kappa shape index (κ2) is 10.7. The molecule has 3 aromatic rings. The van der Waals surface area contributed by atoms with Gasteiger partial charge in [-0.25, -0.2) is 0 Å². The van der Waals surface area contributed by atoms with Crippen LogP contribution in [0.5, 0.6) is 11.5 Å². The van der Waals surface area contributed by atoms with Gasteiger partial charge in [-0.15, -0.1) is 0 Å². The van der Waals surface area contributed by atoms with Crippen molar-refractivity contribution < 1.29 is 23.5 Å². The van der Waals surface area contributed by atoms with Crippen LogP contribution in [0.4, 0.5) is 0 Å². The highest BCUT2D eigenvalue weighted by atomic mass is 35.5. The summed E-state index contributed by atoms with van der Waals surface area (Å²) in [7, 11) is 0. The van der Waals surface area contributed by atoms with Crippen LogP contribution < -0.4 is 9.47 Å². The van der Waals surface area contributed by atoms with E-state index >= 15 is 0 Å². The highest BCUT2D eigenvalue weighted by molar-refractivity contribution is 6.31. The Bertz CT molecular complexity index is 1150. The highest BCUT2D eigenvalue weighted by Crippen LogP contribution is 2.33. The van der Waals surface area contributed by atoms with E-state index < -0.39 is 0 Å². The molecule has 4 rings (SSSR count).